The third-order valence-corrected chi connectivity index (χ3v) is 8.49. The van der Waals surface area contributed by atoms with E-state index in [2.05, 4.69) is 37.0 Å². The molecule has 4 aromatic rings. The van der Waals surface area contributed by atoms with Crippen LogP contribution in [0.4, 0.5) is 0 Å². The smallest absolute Gasteiger partial charge is 0.282 e. The van der Waals surface area contributed by atoms with Crippen LogP contribution in [0.2, 0.25) is 15.1 Å². The first-order chi connectivity index (χ1) is 18.1. The van der Waals surface area contributed by atoms with Crippen LogP contribution in [0, 0.1) is 0 Å². The summed E-state index contributed by atoms with van der Waals surface area (Å²) in [6, 6.07) is 12.3. The van der Waals surface area contributed by atoms with E-state index in [1.165, 1.54) is 18.0 Å². The van der Waals surface area contributed by atoms with Crippen LogP contribution < -0.4 is 15.0 Å². The highest BCUT2D eigenvalue weighted by Crippen LogP contribution is 2.42. The normalized spacial score (nSPS) is 12.3. The number of hydrogen-bond donors (Lipinski definition) is 0. The Morgan fingerprint density at radius 2 is 1.89 bits per heavy atom. The lowest BCUT2D eigenvalue weighted by atomic mass is 10.1. The van der Waals surface area contributed by atoms with Gasteiger partial charge in [-0.25, -0.2) is 4.98 Å². The van der Waals surface area contributed by atoms with Gasteiger partial charge < -0.3 is 9.47 Å². The molecule has 0 unspecified atom stereocenters. The van der Waals surface area contributed by atoms with E-state index in [1.54, 1.807) is 30.3 Å². The van der Waals surface area contributed by atoms with Gasteiger partial charge in [0.1, 0.15) is 17.5 Å². The average molecular weight is 703 g/mol. The minimum Gasteiger partial charge on any atom is -0.493 e. The van der Waals surface area contributed by atoms with Gasteiger partial charge in [0, 0.05) is 36.0 Å². The zero-order valence-electron chi connectivity index (χ0n) is 20.6. The molecule has 11 heteroatoms. The number of ether oxygens (including phenoxy) is 2. The van der Waals surface area contributed by atoms with Crippen LogP contribution in [-0.2, 0) is 6.61 Å². The summed E-state index contributed by atoms with van der Waals surface area (Å²) >= 11 is 25.9. The molecule has 0 spiro atoms. The minimum atomic E-state index is -0.267. The maximum absolute atomic E-state index is 13.4. The molecule has 3 aromatic carbocycles. The molecule has 0 bridgehead atoms. The van der Waals surface area contributed by atoms with Crippen molar-refractivity contribution in [3.8, 4) is 11.5 Å². The largest absolute Gasteiger partial charge is 0.493 e. The molecule has 0 saturated heterocycles. The van der Waals surface area contributed by atoms with E-state index in [0.29, 0.717) is 48.3 Å². The number of halogens is 5. The van der Waals surface area contributed by atoms with Crippen molar-refractivity contribution in [2.45, 2.75) is 32.8 Å². The quantitative estimate of drug-likeness (QED) is 0.172. The van der Waals surface area contributed by atoms with Crippen molar-refractivity contribution < 1.29 is 9.47 Å². The molecule has 0 saturated carbocycles. The van der Waals surface area contributed by atoms with Crippen molar-refractivity contribution in [1.82, 2.24) is 9.66 Å². The number of benzene rings is 3. The highest BCUT2D eigenvalue weighted by atomic mass is 79.9. The van der Waals surface area contributed by atoms with Crippen molar-refractivity contribution in [2.75, 3.05) is 7.11 Å². The maximum Gasteiger partial charge on any atom is 0.282 e. The molecule has 0 N–H and O–H groups in total. The number of aromatic nitrogens is 2. The van der Waals surface area contributed by atoms with Gasteiger partial charge in [-0.3, -0.25) is 4.79 Å². The second kappa shape index (κ2) is 12.4. The fourth-order valence-corrected chi connectivity index (χ4v) is 5.15. The van der Waals surface area contributed by atoms with Crippen molar-refractivity contribution >= 4 is 83.8 Å². The second-order valence-electron chi connectivity index (χ2n) is 8.45. The zero-order chi connectivity index (χ0) is 27.6. The average Bonchev–Trinajstić information content (AvgIpc) is 2.90. The van der Waals surface area contributed by atoms with E-state index >= 15 is 0 Å². The van der Waals surface area contributed by atoms with Gasteiger partial charge in [-0.2, -0.15) is 9.78 Å². The molecule has 1 heterocycles. The molecule has 0 amide bonds. The van der Waals surface area contributed by atoms with Crippen molar-refractivity contribution in [3.05, 3.63) is 93.8 Å². The summed E-state index contributed by atoms with van der Waals surface area (Å²) < 4.78 is 14.2. The Bertz CT molecular complexity index is 1610. The van der Waals surface area contributed by atoms with Gasteiger partial charge >= 0.3 is 0 Å². The Labute approximate surface area is 251 Å². The van der Waals surface area contributed by atoms with Crippen LogP contribution in [-0.4, -0.2) is 23.0 Å². The molecular formula is C27H22Br2Cl3N3O3. The highest BCUT2D eigenvalue weighted by Gasteiger charge is 2.19. The Morgan fingerprint density at radius 1 is 1.13 bits per heavy atom. The van der Waals surface area contributed by atoms with E-state index in [-0.39, 0.29) is 23.1 Å². The van der Waals surface area contributed by atoms with Gasteiger partial charge in [-0.15, -0.1) is 0 Å². The Balaban J connectivity index is 1.74. The zero-order valence-corrected chi connectivity index (χ0v) is 26.0. The van der Waals surface area contributed by atoms with Crippen LogP contribution in [0.25, 0.3) is 10.9 Å². The van der Waals surface area contributed by atoms with Gasteiger partial charge in [0.05, 0.1) is 24.2 Å². The molecule has 0 aliphatic carbocycles. The first kappa shape index (κ1) is 28.9. The van der Waals surface area contributed by atoms with E-state index in [0.717, 1.165) is 16.5 Å². The van der Waals surface area contributed by atoms with E-state index in [9.17, 15) is 4.79 Å². The summed E-state index contributed by atoms with van der Waals surface area (Å²) in [5, 5.41) is 6.29. The summed E-state index contributed by atoms with van der Waals surface area (Å²) in [5.41, 5.74) is 1.67. The number of methoxy groups -OCH3 is 1. The summed E-state index contributed by atoms with van der Waals surface area (Å²) in [6.45, 7) is 4.19. The lowest BCUT2D eigenvalue weighted by Crippen LogP contribution is -2.23. The van der Waals surface area contributed by atoms with E-state index in [1.807, 2.05) is 26.0 Å². The van der Waals surface area contributed by atoms with Crippen LogP contribution in [0.3, 0.4) is 0 Å². The fraction of sp³-hybridized carbons (Fsp3) is 0.222. The summed E-state index contributed by atoms with van der Waals surface area (Å²) in [4.78, 5) is 18.2. The standard InChI is InChI=1S/C27H22Br2Cl3N3O3/c1-4-14(2)26-34-21-8-6-17(28)10-19(21)27(36)35(26)33-12-16-9-22(37-3)25(24(32)23(16)29)38-13-15-5-7-18(30)11-20(15)31/h5-12,14H,4,13H2,1-3H3/t14-/m1/s1. The SMILES string of the molecule is CC[C@@H](C)c1nc2ccc(Br)cc2c(=O)n1N=Cc1cc(OC)c(OCc2ccc(Cl)cc2Cl)c(Cl)c1Br. The van der Waals surface area contributed by atoms with Gasteiger partial charge in [-0.05, 0) is 58.7 Å². The van der Waals surface area contributed by atoms with Crippen LogP contribution in [0.5, 0.6) is 11.5 Å². The topological polar surface area (TPSA) is 65.7 Å². The second-order valence-corrected chi connectivity index (χ2v) is 11.4. The number of fused-ring (bicyclic) bond motifs is 1. The molecule has 0 aliphatic rings. The molecule has 38 heavy (non-hydrogen) atoms. The lowest BCUT2D eigenvalue weighted by molar-refractivity contribution is 0.284. The minimum absolute atomic E-state index is 0.00456. The molecule has 0 fully saturated rings. The predicted molar refractivity (Wildman–Crippen MR) is 162 cm³/mol. The van der Waals surface area contributed by atoms with E-state index < -0.39 is 0 Å². The number of rotatable bonds is 8. The molecule has 0 radical (unpaired) electrons. The van der Waals surface area contributed by atoms with Crippen molar-refractivity contribution in [2.24, 2.45) is 5.10 Å². The van der Waals surface area contributed by atoms with Gasteiger partial charge in [0.15, 0.2) is 11.5 Å². The Morgan fingerprint density at radius 3 is 2.58 bits per heavy atom. The first-order valence-electron chi connectivity index (χ1n) is 11.5. The molecule has 4 rings (SSSR count). The summed E-state index contributed by atoms with van der Waals surface area (Å²) in [6.07, 6.45) is 2.33. The van der Waals surface area contributed by atoms with Crippen LogP contribution >= 0.6 is 66.7 Å². The molecule has 1 atom stereocenters. The van der Waals surface area contributed by atoms with Crippen LogP contribution in [0.15, 0.2) is 61.3 Å². The lowest BCUT2D eigenvalue weighted by Gasteiger charge is -2.16. The molecule has 198 valence electrons. The number of hydrogen-bond acceptors (Lipinski definition) is 5. The van der Waals surface area contributed by atoms with Gasteiger partial charge in [0.2, 0.25) is 0 Å². The third-order valence-electron chi connectivity index (χ3n) is 5.96. The highest BCUT2D eigenvalue weighted by molar-refractivity contribution is 9.10. The summed E-state index contributed by atoms with van der Waals surface area (Å²) in [5.74, 6) is 1.29. The Kier molecular flexibility index (Phi) is 9.42. The summed E-state index contributed by atoms with van der Waals surface area (Å²) in [7, 11) is 1.51. The molecule has 0 aliphatic heterocycles. The predicted octanol–water partition coefficient (Wildman–Crippen LogP) is 8.86. The van der Waals surface area contributed by atoms with E-state index in [4.69, 9.17) is 49.3 Å². The van der Waals surface area contributed by atoms with Gasteiger partial charge in [-0.1, -0.05) is 70.6 Å². The monoisotopic (exact) mass is 699 g/mol. The molecule has 6 nitrogen and oxygen atoms in total. The Hall–Kier alpha value is -2.10. The third kappa shape index (κ3) is 6.05. The van der Waals surface area contributed by atoms with Crippen molar-refractivity contribution in [3.63, 3.8) is 0 Å². The van der Waals surface area contributed by atoms with Crippen molar-refractivity contribution in [1.29, 1.82) is 0 Å². The molecular weight excluding hydrogens is 680 g/mol. The number of nitrogens with zero attached hydrogens (tertiary/aromatic N) is 3. The van der Waals surface area contributed by atoms with Gasteiger partial charge in [0.25, 0.3) is 5.56 Å². The maximum atomic E-state index is 13.4. The molecule has 1 aromatic heterocycles. The fourth-order valence-electron chi connectivity index (χ4n) is 3.67. The first-order valence-corrected chi connectivity index (χ1v) is 14.3. The van der Waals surface area contributed by atoms with Crippen LogP contribution in [0.1, 0.15) is 43.1 Å².